The molecule has 0 radical (unpaired) electrons. The summed E-state index contributed by atoms with van der Waals surface area (Å²) in [5.41, 5.74) is 3.57. The van der Waals surface area contributed by atoms with Crippen LogP contribution in [0.5, 0.6) is 0 Å². The van der Waals surface area contributed by atoms with E-state index in [2.05, 4.69) is 101 Å². The highest BCUT2D eigenvalue weighted by atomic mass is 28.4. The summed E-state index contributed by atoms with van der Waals surface area (Å²) in [5, 5.41) is 10.6. The third-order valence-electron chi connectivity index (χ3n) is 13.3. The first-order valence-electron chi connectivity index (χ1n) is 18.4. The quantitative estimate of drug-likeness (QED) is 0.237. The summed E-state index contributed by atoms with van der Waals surface area (Å²) < 4.78 is 14.4. The molecule has 260 valence electrons. The summed E-state index contributed by atoms with van der Waals surface area (Å²) in [6.07, 6.45) is 16.7. The van der Waals surface area contributed by atoms with Crippen LogP contribution < -0.4 is 0 Å². The third kappa shape index (κ3) is 8.96. The second kappa shape index (κ2) is 13.4. The van der Waals surface area contributed by atoms with E-state index in [0.717, 1.165) is 31.6 Å². The Bertz CT molecular complexity index is 1110. The summed E-state index contributed by atoms with van der Waals surface area (Å²) in [6, 6.07) is 0. The van der Waals surface area contributed by atoms with Gasteiger partial charge >= 0.3 is 0 Å². The second-order valence-electron chi connectivity index (χ2n) is 19.7. The zero-order valence-corrected chi connectivity index (χ0v) is 34.5. The molecule has 3 aliphatic carbocycles. The Hall–Kier alpha value is -0.466. The van der Waals surface area contributed by atoms with Crippen molar-refractivity contribution in [2.75, 3.05) is 0 Å². The van der Waals surface area contributed by atoms with E-state index >= 15 is 0 Å². The summed E-state index contributed by atoms with van der Waals surface area (Å²) >= 11 is 0. The third-order valence-corrected chi connectivity index (χ3v) is 22.4. The predicted molar refractivity (Wildman–Crippen MR) is 201 cm³/mol. The molecule has 0 aliphatic heterocycles. The first-order chi connectivity index (χ1) is 20.2. The molecule has 0 saturated heterocycles. The summed E-state index contributed by atoms with van der Waals surface area (Å²) in [4.78, 5) is 0. The molecular weight excluding hydrogens is 585 g/mol. The normalized spacial score (nSPS) is 33.2. The lowest BCUT2D eigenvalue weighted by Gasteiger charge is -2.50. The van der Waals surface area contributed by atoms with Crippen LogP contribution in [0.3, 0.4) is 0 Å². The highest BCUT2D eigenvalue weighted by molar-refractivity contribution is 6.74. The zero-order valence-electron chi connectivity index (χ0n) is 32.5. The molecule has 3 unspecified atom stereocenters. The number of aliphatic hydroxyl groups is 1. The van der Waals surface area contributed by atoms with Gasteiger partial charge in [0.15, 0.2) is 16.6 Å². The lowest BCUT2D eigenvalue weighted by Crippen LogP contribution is -2.54. The van der Waals surface area contributed by atoms with Crippen LogP contribution in [-0.2, 0) is 8.85 Å². The molecule has 0 spiro atoms. The minimum atomic E-state index is -2.04. The molecule has 0 bridgehead atoms. The monoisotopic (exact) mass is 659 g/mol. The molecule has 3 nitrogen and oxygen atoms in total. The number of allylic oxidation sites excluding steroid dienone is 3. The van der Waals surface area contributed by atoms with Gasteiger partial charge in [-0.25, -0.2) is 0 Å². The molecule has 45 heavy (non-hydrogen) atoms. The molecule has 3 saturated carbocycles. The molecule has 3 aliphatic rings. The van der Waals surface area contributed by atoms with E-state index in [9.17, 15) is 5.11 Å². The Kier molecular flexibility index (Phi) is 11.6. The maximum Gasteiger partial charge on any atom is 0.193 e. The Balaban J connectivity index is 1.91. The van der Waals surface area contributed by atoms with Gasteiger partial charge in [0, 0.05) is 6.42 Å². The summed E-state index contributed by atoms with van der Waals surface area (Å²) in [6.45, 7) is 39.6. The largest absolute Gasteiger partial charge is 0.413 e. The minimum absolute atomic E-state index is 0.131. The van der Waals surface area contributed by atoms with Crippen LogP contribution in [0.2, 0.25) is 36.3 Å². The minimum Gasteiger partial charge on any atom is -0.413 e. The molecule has 0 aromatic rings. The van der Waals surface area contributed by atoms with Gasteiger partial charge in [0.25, 0.3) is 0 Å². The first kappa shape index (κ1) is 39.0. The fraction of sp³-hybridized carbons (Fsp3) is 0.850. The molecule has 1 N–H and O–H groups in total. The average molecular weight is 659 g/mol. The van der Waals surface area contributed by atoms with E-state index in [1.54, 1.807) is 5.57 Å². The number of rotatable bonds is 10. The van der Waals surface area contributed by atoms with Gasteiger partial charge in [-0.1, -0.05) is 92.5 Å². The van der Waals surface area contributed by atoms with E-state index in [0.29, 0.717) is 17.3 Å². The molecule has 0 aromatic carbocycles. The van der Waals surface area contributed by atoms with Crippen LogP contribution in [0.4, 0.5) is 0 Å². The molecule has 6 atom stereocenters. The first-order valence-corrected chi connectivity index (χ1v) is 24.2. The van der Waals surface area contributed by atoms with E-state index in [1.165, 1.54) is 49.7 Å². The average Bonchev–Trinajstić information content (AvgIpc) is 3.20. The van der Waals surface area contributed by atoms with Crippen molar-refractivity contribution in [1.29, 1.82) is 0 Å². The van der Waals surface area contributed by atoms with Gasteiger partial charge < -0.3 is 14.0 Å². The number of fused-ring (bicyclic) bond motifs is 1. The topological polar surface area (TPSA) is 38.7 Å². The van der Waals surface area contributed by atoms with Crippen LogP contribution in [0.1, 0.15) is 140 Å². The molecule has 3 rings (SSSR count). The fourth-order valence-corrected chi connectivity index (χ4v) is 11.5. The van der Waals surface area contributed by atoms with Crippen molar-refractivity contribution < 1.29 is 14.0 Å². The molecular formula is C40H74O3Si2. The molecule has 0 aromatic heterocycles. The van der Waals surface area contributed by atoms with Crippen LogP contribution >= 0.6 is 0 Å². The molecule has 0 amide bonds. The predicted octanol–water partition coefficient (Wildman–Crippen LogP) is 12.2. The van der Waals surface area contributed by atoms with Crippen molar-refractivity contribution in [2.24, 2.45) is 23.2 Å². The van der Waals surface area contributed by atoms with Gasteiger partial charge in [-0.2, -0.15) is 0 Å². The SMILES string of the molecule is C=C1/C(=C\C=C2/CCC[C@@]3(C)C2CCC3[C@@H](C)CCCC(C)(C)O)CC(O[Si](C)(C)C(C)(C)C)C[C@@]1(C)O[Si](C)(C)C(C)(C)C. The van der Waals surface area contributed by atoms with Crippen LogP contribution in [0.25, 0.3) is 0 Å². The van der Waals surface area contributed by atoms with Gasteiger partial charge in [-0.3, -0.25) is 0 Å². The highest BCUT2D eigenvalue weighted by Crippen LogP contribution is 2.60. The molecule has 3 fully saturated rings. The van der Waals surface area contributed by atoms with Crippen molar-refractivity contribution in [3.05, 3.63) is 35.5 Å². The fourth-order valence-electron chi connectivity index (χ4n) is 8.48. The van der Waals surface area contributed by atoms with Gasteiger partial charge in [0.05, 0.1) is 17.3 Å². The summed E-state index contributed by atoms with van der Waals surface area (Å²) in [5.74, 6) is 2.16. The van der Waals surface area contributed by atoms with Crippen molar-refractivity contribution in [3.63, 3.8) is 0 Å². The van der Waals surface area contributed by atoms with Crippen molar-refractivity contribution in [3.8, 4) is 0 Å². The Morgan fingerprint density at radius 1 is 0.956 bits per heavy atom. The standard InChI is InChI=1S/C40H74O3Si2/c1-29(19-17-25-38(9,10)41)34-23-24-35-31(20-18-26-39(34,35)11)21-22-32-27-33(42-44(13,14)36(3,4)5)28-40(12,30(32)2)43-45(15,16)37(6,7)8/h21-22,29,33-35,41H,2,17-20,23-28H2,1,3-16H3/b31-21+,32-22-/t29-,33?,34?,35?,39+,40+/m0/s1. The van der Waals surface area contributed by atoms with E-state index in [1.807, 2.05) is 13.8 Å². The van der Waals surface area contributed by atoms with Crippen molar-refractivity contribution in [2.45, 2.75) is 194 Å². The molecule has 5 heteroatoms. The lowest BCUT2D eigenvalue weighted by molar-refractivity contribution is 0.0336. The summed E-state index contributed by atoms with van der Waals surface area (Å²) in [7, 11) is -4.00. The van der Waals surface area contributed by atoms with Gasteiger partial charge in [0.1, 0.15) is 0 Å². The van der Waals surface area contributed by atoms with Crippen LogP contribution in [-0.4, -0.2) is 39.0 Å². The highest BCUT2D eigenvalue weighted by Gasteiger charge is 2.51. The van der Waals surface area contributed by atoms with Crippen LogP contribution in [0, 0.1) is 23.2 Å². The van der Waals surface area contributed by atoms with Gasteiger partial charge in [0.2, 0.25) is 0 Å². The maximum absolute atomic E-state index is 10.3. The van der Waals surface area contributed by atoms with Crippen LogP contribution in [0.15, 0.2) is 35.5 Å². The Morgan fingerprint density at radius 2 is 1.56 bits per heavy atom. The zero-order chi connectivity index (χ0) is 34.4. The van der Waals surface area contributed by atoms with E-state index < -0.39 is 27.8 Å². The maximum atomic E-state index is 10.3. The van der Waals surface area contributed by atoms with E-state index in [4.69, 9.17) is 15.4 Å². The van der Waals surface area contributed by atoms with Gasteiger partial charge in [-0.05, 0) is 136 Å². The molecule has 0 heterocycles. The Labute approximate surface area is 282 Å². The smallest absolute Gasteiger partial charge is 0.193 e. The number of hydrogen-bond acceptors (Lipinski definition) is 3. The second-order valence-corrected chi connectivity index (χ2v) is 29.2. The van der Waals surface area contributed by atoms with Crippen molar-refractivity contribution >= 4 is 16.6 Å². The number of hydrogen-bond donors (Lipinski definition) is 1. The van der Waals surface area contributed by atoms with Gasteiger partial charge in [-0.15, -0.1) is 0 Å². The lowest BCUT2D eigenvalue weighted by atomic mass is 9.60. The Morgan fingerprint density at radius 3 is 2.11 bits per heavy atom. The van der Waals surface area contributed by atoms with Crippen molar-refractivity contribution in [1.82, 2.24) is 0 Å². The van der Waals surface area contributed by atoms with E-state index in [-0.39, 0.29) is 16.2 Å².